The second kappa shape index (κ2) is 5.12. The predicted molar refractivity (Wildman–Crippen MR) is 68.2 cm³/mol. The fraction of sp³-hybridized carbons (Fsp3) is 0.615. The third-order valence-corrected chi connectivity index (χ3v) is 2.90. The SMILES string of the molecule is CC(COc1cccc(N)n1)C1COC(C)(C)O1. The largest absolute Gasteiger partial charge is 0.477 e. The summed E-state index contributed by atoms with van der Waals surface area (Å²) in [5, 5.41) is 0. The molecule has 0 aromatic carbocycles. The molecule has 5 heteroatoms. The molecule has 0 spiro atoms. The maximum absolute atomic E-state index is 5.78. The normalized spacial score (nSPS) is 23.8. The van der Waals surface area contributed by atoms with Crippen molar-refractivity contribution in [3.05, 3.63) is 18.2 Å². The number of nitrogens with two attached hydrogens (primary N) is 1. The Bertz CT molecular complexity index is 409. The van der Waals surface area contributed by atoms with E-state index in [0.717, 1.165) is 0 Å². The minimum absolute atomic E-state index is 0.0565. The first-order chi connectivity index (χ1) is 8.46. The zero-order chi connectivity index (χ0) is 13.2. The van der Waals surface area contributed by atoms with E-state index in [0.29, 0.717) is 24.9 Å². The standard InChI is InChI=1S/C13H20N2O3/c1-9(10-8-17-13(2,3)18-10)7-16-12-6-4-5-11(14)15-12/h4-6,9-10H,7-8H2,1-3H3,(H2,14,15). The van der Waals surface area contributed by atoms with E-state index >= 15 is 0 Å². The highest BCUT2D eigenvalue weighted by Crippen LogP contribution is 2.26. The Balaban J connectivity index is 1.84. The molecule has 0 bridgehead atoms. The second-order valence-electron chi connectivity index (χ2n) is 5.06. The number of aromatic nitrogens is 1. The summed E-state index contributed by atoms with van der Waals surface area (Å²) >= 11 is 0. The first kappa shape index (κ1) is 13.1. The van der Waals surface area contributed by atoms with E-state index in [9.17, 15) is 0 Å². The van der Waals surface area contributed by atoms with Crippen molar-refractivity contribution in [2.45, 2.75) is 32.7 Å². The Morgan fingerprint density at radius 2 is 2.33 bits per heavy atom. The van der Waals surface area contributed by atoms with Crippen LogP contribution in [0, 0.1) is 5.92 Å². The van der Waals surface area contributed by atoms with Gasteiger partial charge in [0.25, 0.3) is 0 Å². The van der Waals surface area contributed by atoms with Gasteiger partial charge in [-0.3, -0.25) is 0 Å². The molecule has 0 aliphatic carbocycles. The Morgan fingerprint density at radius 1 is 1.56 bits per heavy atom. The van der Waals surface area contributed by atoms with Crippen molar-refractivity contribution in [2.75, 3.05) is 18.9 Å². The van der Waals surface area contributed by atoms with Crippen LogP contribution < -0.4 is 10.5 Å². The zero-order valence-corrected chi connectivity index (χ0v) is 11.1. The van der Waals surface area contributed by atoms with Gasteiger partial charge in [0.05, 0.1) is 19.3 Å². The number of anilines is 1. The Labute approximate surface area is 107 Å². The summed E-state index contributed by atoms with van der Waals surface area (Å²) in [5.74, 6) is 0.741. The molecule has 0 radical (unpaired) electrons. The van der Waals surface area contributed by atoms with Crippen molar-refractivity contribution < 1.29 is 14.2 Å². The fourth-order valence-electron chi connectivity index (χ4n) is 1.83. The van der Waals surface area contributed by atoms with Crippen LogP contribution in [0.3, 0.4) is 0 Å². The van der Waals surface area contributed by atoms with Gasteiger partial charge >= 0.3 is 0 Å². The van der Waals surface area contributed by atoms with Crippen LogP contribution in [-0.2, 0) is 9.47 Å². The van der Waals surface area contributed by atoms with Gasteiger partial charge in [-0.15, -0.1) is 0 Å². The highest BCUT2D eigenvalue weighted by Gasteiger charge is 2.35. The molecular formula is C13H20N2O3. The van der Waals surface area contributed by atoms with E-state index in [2.05, 4.69) is 11.9 Å². The molecule has 1 aromatic rings. The quantitative estimate of drug-likeness (QED) is 0.885. The van der Waals surface area contributed by atoms with Crippen LogP contribution in [0.1, 0.15) is 20.8 Å². The van der Waals surface area contributed by atoms with Gasteiger partial charge in [0.2, 0.25) is 5.88 Å². The molecule has 2 atom stereocenters. The lowest BCUT2D eigenvalue weighted by molar-refractivity contribution is -0.144. The molecule has 0 amide bonds. The molecule has 2 N–H and O–H groups in total. The summed E-state index contributed by atoms with van der Waals surface area (Å²) in [7, 11) is 0. The number of pyridine rings is 1. The molecule has 1 saturated heterocycles. The van der Waals surface area contributed by atoms with E-state index < -0.39 is 5.79 Å². The number of rotatable bonds is 4. The van der Waals surface area contributed by atoms with Crippen LogP contribution in [0.25, 0.3) is 0 Å². The summed E-state index contributed by atoms with van der Waals surface area (Å²) in [6.07, 6.45) is 0.0565. The topological polar surface area (TPSA) is 66.6 Å². The highest BCUT2D eigenvalue weighted by molar-refractivity contribution is 5.31. The molecule has 1 aromatic heterocycles. The smallest absolute Gasteiger partial charge is 0.215 e. The van der Waals surface area contributed by atoms with Gasteiger partial charge < -0.3 is 19.9 Å². The van der Waals surface area contributed by atoms with E-state index in [-0.39, 0.29) is 12.0 Å². The first-order valence-corrected chi connectivity index (χ1v) is 6.13. The molecule has 18 heavy (non-hydrogen) atoms. The Kier molecular flexibility index (Phi) is 3.73. The van der Waals surface area contributed by atoms with Crippen LogP contribution in [0.4, 0.5) is 5.82 Å². The second-order valence-corrected chi connectivity index (χ2v) is 5.06. The third-order valence-electron chi connectivity index (χ3n) is 2.90. The van der Waals surface area contributed by atoms with Crippen LogP contribution in [0.2, 0.25) is 0 Å². The average Bonchev–Trinajstić information content (AvgIpc) is 2.67. The fourth-order valence-corrected chi connectivity index (χ4v) is 1.83. The van der Waals surface area contributed by atoms with Crippen molar-refractivity contribution in [3.8, 4) is 5.88 Å². The lowest BCUT2D eigenvalue weighted by Gasteiger charge is -2.21. The van der Waals surface area contributed by atoms with Crippen molar-refractivity contribution in [3.63, 3.8) is 0 Å². The summed E-state index contributed by atoms with van der Waals surface area (Å²) < 4.78 is 16.9. The third kappa shape index (κ3) is 3.34. The molecule has 1 aliphatic rings. The number of ether oxygens (including phenoxy) is 3. The van der Waals surface area contributed by atoms with Crippen molar-refractivity contribution in [1.82, 2.24) is 4.98 Å². The van der Waals surface area contributed by atoms with Gasteiger partial charge in [0.1, 0.15) is 5.82 Å². The number of hydrogen-bond acceptors (Lipinski definition) is 5. The first-order valence-electron chi connectivity index (χ1n) is 6.13. The number of nitrogen functional groups attached to an aromatic ring is 1. The highest BCUT2D eigenvalue weighted by atomic mass is 16.7. The number of nitrogens with zero attached hydrogens (tertiary/aromatic N) is 1. The molecule has 2 unspecified atom stereocenters. The van der Waals surface area contributed by atoms with Crippen molar-refractivity contribution >= 4 is 5.82 Å². The van der Waals surface area contributed by atoms with Crippen molar-refractivity contribution in [1.29, 1.82) is 0 Å². The van der Waals surface area contributed by atoms with Gasteiger partial charge in [0, 0.05) is 12.0 Å². The lowest BCUT2D eigenvalue weighted by Crippen LogP contribution is -2.28. The Morgan fingerprint density at radius 3 is 2.94 bits per heavy atom. The average molecular weight is 252 g/mol. The molecule has 2 heterocycles. The van der Waals surface area contributed by atoms with Crippen LogP contribution in [0.15, 0.2) is 18.2 Å². The summed E-state index contributed by atoms with van der Waals surface area (Å²) in [5.41, 5.74) is 5.59. The van der Waals surface area contributed by atoms with Gasteiger partial charge in [-0.05, 0) is 19.9 Å². The molecule has 5 nitrogen and oxygen atoms in total. The molecule has 1 aliphatic heterocycles. The zero-order valence-electron chi connectivity index (χ0n) is 11.1. The van der Waals surface area contributed by atoms with Crippen molar-refractivity contribution in [2.24, 2.45) is 5.92 Å². The molecule has 100 valence electrons. The van der Waals surface area contributed by atoms with Crippen LogP contribution in [0.5, 0.6) is 5.88 Å². The molecule has 1 fully saturated rings. The summed E-state index contributed by atoms with van der Waals surface area (Å²) in [6.45, 7) is 7.03. The van der Waals surface area contributed by atoms with Gasteiger partial charge in [-0.25, -0.2) is 0 Å². The van der Waals surface area contributed by atoms with E-state index in [1.807, 2.05) is 19.9 Å². The predicted octanol–water partition coefficient (Wildman–Crippen LogP) is 1.83. The van der Waals surface area contributed by atoms with Gasteiger partial charge in [-0.1, -0.05) is 13.0 Å². The van der Waals surface area contributed by atoms with Gasteiger partial charge in [-0.2, -0.15) is 4.98 Å². The Hall–Kier alpha value is -1.33. The van der Waals surface area contributed by atoms with E-state index in [4.69, 9.17) is 19.9 Å². The maximum atomic E-state index is 5.78. The molecule has 0 saturated carbocycles. The van der Waals surface area contributed by atoms with E-state index in [1.54, 1.807) is 12.1 Å². The van der Waals surface area contributed by atoms with E-state index in [1.165, 1.54) is 0 Å². The molecular weight excluding hydrogens is 232 g/mol. The minimum atomic E-state index is -0.492. The maximum Gasteiger partial charge on any atom is 0.215 e. The number of hydrogen-bond donors (Lipinski definition) is 1. The van der Waals surface area contributed by atoms with Crippen LogP contribution >= 0.6 is 0 Å². The van der Waals surface area contributed by atoms with Crippen LogP contribution in [-0.4, -0.2) is 30.1 Å². The summed E-state index contributed by atoms with van der Waals surface area (Å²) in [4.78, 5) is 4.08. The monoisotopic (exact) mass is 252 g/mol. The molecule has 2 rings (SSSR count). The lowest BCUT2D eigenvalue weighted by atomic mass is 10.1. The minimum Gasteiger partial charge on any atom is -0.477 e. The summed E-state index contributed by atoms with van der Waals surface area (Å²) in [6, 6.07) is 5.34. The van der Waals surface area contributed by atoms with Gasteiger partial charge in [0.15, 0.2) is 5.79 Å².